The summed E-state index contributed by atoms with van der Waals surface area (Å²) in [6.45, 7) is 3.87. The SMILES string of the molecule is CCc1nnc(C2NCCOC23CCC3)s1. The van der Waals surface area contributed by atoms with Crippen LogP contribution in [0, 0.1) is 0 Å². The third-order valence-corrected chi connectivity index (χ3v) is 4.73. The maximum Gasteiger partial charge on any atom is 0.137 e. The van der Waals surface area contributed by atoms with Crippen molar-refractivity contribution in [3.8, 4) is 0 Å². The molecule has 1 unspecified atom stereocenters. The van der Waals surface area contributed by atoms with Crippen molar-refractivity contribution in [2.45, 2.75) is 44.2 Å². The van der Waals surface area contributed by atoms with Gasteiger partial charge in [-0.05, 0) is 25.7 Å². The Bertz CT molecular complexity index is 375. The summed E-state index contributed by atoms with van der Waals surface area (Å²) in [7, 11) is 0. The van der Waals surface area contributed by atoms with E-state index in [9.17, 15) is 0 Å². The molecule has 4 nitrogen and oxygen atoms in total. The number of hydrogen-bond acceptors (Lipinski definition) is 5. The molecule has 1 spiro atoms. The highest BCUT2D eigenvalue weighted by molar-refractivity contribution is 7.11. The molecular weight excluding hydrogens is 222 g/mol. The van der Waals surface area contributed by atoms with Gasteiger partial charge in [0.1, 0.15) is 10.0 Å². The number of aromatic nitrogens is 2. The third-order valence-electron chi connectivity index (χ3n) is 3.60. The maximum atomic E-state index is 5.99. The first-order valence-corrected chi connectivity index (χ1v) is 6.85. The first-order chi connectivity index (χ1) is 7.84. The van der Waals surface area contributed by atoms with Crippen LogP contribution in [-0.4, -0.2) is 29.0 Å². The fourth-order valence-electron chi connectivity index (χ4n) is 2.52. The van der Waals surface area contributed by atoms with Crippen LogP contribution in [0.15, 0.2) is 0 Å². The summed E-state index contributed by atoms with van der Waals surface area (Å²) in [6.07, 6.45) is 4.56. The van der Waals surface area contributed by atoms with E-state index < -0.39 is 0 Å². The summed E-state index contributed by atoms with van der Waals surface area (Å²) in [6, 6.07) is 0.271. The van der Waals surface area contributed by atoms with Crippen LogP contribution in [0.3, 0.4) is 0 Å². The largest absolute Gasteiger partial charge is 0.372 e. The van der Waals surface area contributed by atoms with E-state index in [0.29, 0.717) is 0 Å². The van der Waals surface area contributed by atoms with E-state index in [1.54, 1.807) is 11.3 Å². The molecule has 0 aromatic carbocycles. The highest BCUT2D eigenvalue weighted by Crippen LogP contribution is 2.47. The fraction of sp³-hybridized carbons (Fsp3) is 0.818. The molecule has 88 valence electrons. The lowest BCUT2D eigenvalue weighted by atomic mass is 9.74. The Kier molecular flexibility index (Phi) is 2.69. The zero-order valence-corrected chi connectivity index (χ0v) is 10.3. The number of nitrogens with one attached hydrogen (secondary N) is 1. The molecular formula is C11H17N3OS. The van der Waals surface area contributed by atoms with E-state index in [4.69, 9.17) is 4.74 Å². The number of hydrogen-bond donors (Lipinski definition) is 1. The smallest absolute Gasteiger partial charge is 0.137 e. The molecule has 1 saturated carbocycles. The minimum Gasteiger partial charge on any atom is -0.372 e. The molecule has 2 heterocycles. The van der Waals surface area contributed by atoms with Gasteiger partial charge in [0.15, 0.2) is 0 Å². The molecule has 1 aromatic rings. The number of aryl methyl sites for hydroxylation is 1. The molecule has 0 radical (unpaired) electrons. The van der Waals surface area contributed by atoms with E-state index in [0.717, 1.165) is 42.4 Å². The van der Waals surface area contributed by atoms with Crippen molar-refractivity contribution < 1.29 is 4.74 Å². The Labute approximate surface area is 99.4 Å². The molecule has 0 bridgehead atoms. The molecule has 16 heavy (non-hydrogen) atoms. The minimum atomic E-state index is 0.0306. The van der Waals surface area contributed by atoms with Gasteiger partial charge in [0.05, 0.1) is 18.2 Å². The van der Waals surface area contributed by atoms with E-state index in [-0.39, 0.29) is 11.6 Å². The summed E-state index contributed by atoms with van der Waals surface area (Å²) in [5.41, 5.74) is 0.0306. The molecule has 3 rings (SSSR count). The molecule has 1 aliphatic heterocycles. The Morgan fingerprint density at radius 1 is 1.50 bits per heavy atom. The summed E-state index contributed by atoms with van der Waals surface area (Å²) in [5, 5.41) is 14.3. The van der Waals surface area contributed by atoms with Crippen LogP contribution < -0.4 is 5.32 Å². The van der Waals surface area contributed by atoms with Gasteiger partial charge < -0.3 is 10.1 Å². The Balaban J connectivity index is 1.85. The fourth-order valence-corrected chi connectivity index (χ4v) is 3.49. The lowest BCUT2D eigenvalue weighted by molar-refractivity contribution is -0.146. The molecule has 1 aliphatic carbocycles. The van der Waals surface area contributed by atoms with Crippen LogP contribution in [0.4, 0.5) is 0 Å². The van der Waals surface area contributed by atoms with Crippen LogP contribution >= 0.6 is 11.3 Å². The number of ether oxygens (including phenoxy) is 1. The van der Waals surface area contributed by atoms with Crippen molar-refractivity contribution >= 4 is 11.3 Å². The molecule has 1 saturated heterocycles. The number of morpholine rings is 1. The van der Waals surface area contributed by atoms with Crippen LogP contribution in [-0.2, 0) is 11.2 Å². The quantitative estimate of drug-likeness (QED) is 0.853. The molecule has 2 fully saturated rings. The lowest BCUT2D eigenvalue weighted by Gasteiger charge is -2.49. The number of rotatable bonds is 2. The van der Waals surface area contributed by atoms with Crippen LogP contribution in [0.5, 0.6) is 0 Å². The molecule has 2 aliphatic rings. The van der Waals surface area contributed by atoms with Gasteiger partial charge in [0.2, 0.25) is 0 Å². The van der Waals surface area contributed by atoms with Gasteiger partial charge in [0, 0.05) is 6.54 Å². The van der Waals surface area contributed by atoms with Crippen molar-refractivity contribution in [1.29, 1.82) is 0 Å². The Morgan fingerprint density at radius 3 is 3.00 bits per heavy atom. The number of nitrogens with zero attached hydrogens (tertiary/aromatic N) is 2. The molecule has 0 amide bonds. The first kappa shape index (κ1) is 10.6. The van der Waals surface area contributed by atoms with Gasteiger partial charge in [-0.3, -0.25) is 0 Å². The average molecular weight is 239 g/mol. The monoisotopic (exact) mass is 239 g/mol. The lowest BCUT2D eigenvalue weighted by Crippen LogP contribution is -2.56. The zero-order valence-electron chi connectivity index (χ0n) is 9.53. The van der Waals surface area contributed by atoms with E-state index in [1.807, 2.05) is 0 Å². The minimum absolute atomic E-state index is 0.0306. The second-order valence-electron chi connectivity index (χ2n) is 4.54. The van der Waals surface area contributed by atoms with Gasteiger partial charge >= 0.3 is 0 Å². The predicted molar refractivity (Wildman–Crippen MR) is 62.6 cm³/mol. The third kappa shape index (κ3) is 1.58. The average Bonchev–Trinajstić information content (AvgIpc) is 2.75. The second kappa shape index (κ2) is 4.05. The van der Waals surface area contributed by atoms with E-state index in [2.05, 4.69) is 22.4 Å². The normalized spacial score (nSPS) is 27.9. The van der Waals surface area contributed by atoms with E-state index >= 15 is 0 Å². The highest BCUT2D eigenvalue weighted by atomic mass is 32.1. The Hall–Kier alpha value is -0.520. The standard InChI is InChI=1S/C11H17N3OS/c1-2-8-13-14-10(16-8)9-11(4-3-5-11)15-7-6-12-9/h9,12H,2-7H2,1H3. The van der Waals surface area contributed by atoms with Gasteiger partial charge in [-0.2, -0.15) is 0 Å². The van der Waals surface area contributed by atoms with Gasteiger partial charge in [-0.15, -0.1) is 10.2 Å². The van der Waals surface area contributed by atoms with Crippen molar-refractivity contribution in [3.63, 3.8) is 0 Å². The van der Waals surface area contributed by atoms with Gasteiger partial charge in [-0.25, -0.2) is 0 Å². The van der Waals surface area contributed by atoms with Crippen LogP contribution in [0.2, 0.25) is 0 Å². The van der Waals surface area contributed by atoms with Crippen molar-refractivity contribution in [1.82, 2.24) is 15.5 Å². The van der Waals surface area contributed by atoms with Gasteiger partial charge in [-0.1, -0.05) is 18.3 Å². The summed E-state index contributed by atoms with van der Waals surface area (Å²) < 4.78 is 5.99. The van der Waals surface area contributed by atoms with Crippen molar-refractivity contribution in [2.24, 2.45) is 0 Å². The van der Waals surface area contributed by atoms with Gasteiger partial charge in [0.25, 0.3) is 0 Å². The van der Waals surface area contributed by atoms with Crippen molar-refractivity contribution in [2.75, 3.05) is 13.2 Å². The predicted octanol–water partition coefficient (Wildman–Crippen LogP) is 1.68. The van der Waals surface area contributed by atoms with Crippen molar-refractivity contribution in [3.05, 3.63) is 10.0 Å². The first-order valence-electron chi connectivity index (χ1n) is 6.04. The second-order valence-corrected chi connectivity index (χ2v) is 5.64. The molecule has 1 aromatic heterocycles. The molecule has 5 heteroatoms. The summed E-state index contributed by atoms with van der Waals surface area (Å²) in [4.78, 5) is 0. The molecule has 1 atom stereocenters. The van der Waals surface area contributed by atoms with Crippen LogP contribution in [0.25, 0.3) is 0 Å². The van der Waals surface area contributed by atoms with Crippen LogP contribution in [0.1, 0.15) is 42.2 Å². The molecule has 1 N–H and O–H groups in total. The topological polar surface area (TPSA) is 47.0 Å². The zero-order chi connectivity index (χ0) is 11.0. The Morgan fingerprint density at radius 2 is 2.38 bits per heavy atom. The summed E-state index contributed by atoms with van der Waals surface area (Å²) in [5.74, 6) is 0. The van der Waals surface area contributed by atoms with E-state index in [1.165, 1.54) is 6.42 Å². The summed E-state index contributed by atoms with van der Waals surface area (Å²) >= 11 is 1.73. The maximum absolute atomic E-state index is 5.99. The highest BCUT2D eigenvalue weighted by Gasteiger charge is 2.49.